The first kappa shape index (κ1) is 8.82. The van der Waals surface area contributed by atoms with Gasteiger partial charge in [-0.1, -0.05) is 30.3 Å². The van der Waals surface area contributed by atoms with Crippen LogP contribution >= 0.6 is 0 Å². The van der Waals surface area contributed by atoms with Crippen LogP contribution in [0.2, 0.25) is 0 Å². The number of fused-ring (bicyclic) bond motifs is 1. The molecule has 0 saturated heterocycles. The maximum absolute atomic E-state index is 9.28. The number of aromatic hydroxyl groups is 1. The van der Waals surface area contributed by atoms with Crippen molar-refractivity contribution in [3.05, 3.63) is 54.6 Å². The molecule has 14 heavy (non-hydrogen) atoms. The highest BCUT2D eigenvalue weighted by molar-refractivity contribution is 5.86. The molecule has 0 fully saturated rings. The molecule has 0 aromatic heterocycles. The number of benzene rings is 2. The molecule has 0 spiro atoms. The number of hydrogen-bond acceptors (Lipinski definition) is 1. The standard InChI is InChI=1S/C13H11O/c1-2-4-10-5-3-6-11-9-12(14)7-8-13(10)11/h2-3,5-8,14H,1,4H2. The van der Waals surface area contributed by atoms with Crippen molar-refractivity contribution in [3.8, 4) is 5.75 Å². The Hall–Kier alpha value is -1.76. The summed E-state index contributed by atoms with van der Waals surface area (Å²) >= 11 is 0. The number of allylic oxidation sites excluding steroid dienone is 1. The molecule has 69 valence electrons. The third kappa shape index (κ3) is 1.49. The van der Waals surface area contributed by atoms with Crippen molar-refractivity contribution < 1.29 is 5.11 Å². The van der Waals surface area contributed by atoms with Gasteiger partial charge in [0.2, 0.25) is 0 Å². The summed E-state index contributed by atoms with van der Waals surface area (Å²) in [6.07, 6.45) is 2.72. The van der Waals surface area contributed by atoms with E-state index >= 15 is 0 Å². The van der Waals surface area contributed by atoms with Gasteiger partial charge in [0.25, 0.3) is 0 Å². The van der Waals surface area contributed by atoms with Gasteiger partial charge in [-0.05, 0) is 28.8 Å². The number of hydrogen-bond donors (Lipinski definition) is 1. The predicted molar refractivity (Wildman–Crippen MR) is 58.3 cm³/mol. The van der Waals surface area contributed by atoms with Gasteiger partial charge in [-0.15, -0.1) is 6.58 Å². The van der Waals surface area contributed by atoms with Crippen LogP contribution in [0.25, 0.3) is 10.8 Å². The van der Waals surface area contributed by atoms with Crippen LogP contribution in [-0.2, 0) is 6.42 Å². The highest BCUT2D eigenvalue weighted by Gasteiger charge is 1.99. The van der Waals surface area contributed by atoms with Crippen LogP contribution in [0, 0.1) is 6.07 Å². The lowest BCUT2D eigenvalue weighted by molar-refractivity contribution is 0.475. The van der Waals surface area contributed by atoms with Crippen molar-refractivity contribution in [2.45, 2.75) is 6.42 Å². The number of phenols is 1. The van der Waals surface area contributed by atoms with Crippen molar-refractivity contribution in [1.82, 2.24) is 0 Å². The third-order valence-corrected chi connectivity index (χ3v) is 2.23. The maximum Gasteiger partial charge on any atom is 0.124 e. The molecule has 0 aliphatic rings. The Labute approximate surface area is 83.3 Å². The van der Waals surface area contributed by atoms with Crippen LogP contribution < -0.4 is 0 Å². The van der Waals surface area contributed by atoms with Crippen molar-refractivity contribution >= 4 is 10.8 Å². The first-order chi connectivity index (χ1) is 6.81. The molecule has 1 N–H and O–H groups in total. The van der Waals surface area contributed by atoms with Crippen LogP contribution in [-0.4, -0.2) is 5.11 Å². The van der Waals surface area contributed by atoms with Crippen molar-refractivity contribution in [1.29, 1.82) is 0 Å². The predicted octanol–water partition coefficient (Wildman–Crippen LogP) is 3.07. The molecule has 2 aromatic carbocycles. The van der Waals surface area contributed by atoms with Crippen LogP contribution in [0.3, 0.4) is 0 Å². The van der Waals surface area contributed by atoms with Gasteiger partial charge in [0.15, 0.2) is 0 Å². The minimum Gasteiger partial charge on any atom is -0.507 e. The Balaban J connectivity index is 2.68. The largest absolute Gasteiger partial charge is 0.507 e. The molecule has 2 aromatic rings. The normalized spacial score (nSPS) is 10.3. The molecule has 2 rings (SSSR count). The van der Waals surface area contributed by atoms with Gasteiger partial charge in [0, 0.05) is 6.07 Å². The smallest absolute Gasteiger partial charge is 0.124 e. The van der Waals surface area contributed by atoms with E-state index < -0.39 is 0 Å². The lowest BCUT2D eigenvalue weighted by Crippen LogP contribution is -1.83. The van der Waals surface area contributed by atoms with Crippen LogP contribution in [0.15, 0.2) is 43.0 Å². The summed E-state index contributed by atoms with van der Waals surface area (Å²) < 4.78 is 0. The van der Waals surface area contributed by atoms with Gasteiger partial charge in [0.1, 0.15) is 5.75 Å². The summed E-state index contributed by atoms with van der Waals surface area (Å²) in [7, 11) is 0. The maximum atomic E-state index is 9.28. The van der Waals surface area contributed by atoms with Crippen molar-refractivity contribution in [2.24, 2.45) is 0 Å². The van der Waals surface area contributed by atoms with Crippen LogP contribution in [0.5, 0.6) is 5.75 Å². The lowest BCUT2D eigenvalue weighted by Gasteiger charge is -2.03. The highest BCUT2D eigenvalue weighted by Crippen LogP contribution is 2.22. The van der Waals surface area contributed by atoms with Gasteiger partial charge < -0.3 is 5.11 Å². The van der Waals surface area contributed by atoms with Gasteiger partial charge >= 0.3 is 0 Å². The molecule has 0 bridgehead atoms. The Morgan fingerprint density at radius 3 is 2.93 bits per heavy atom. The summed E-state index contributed by atoms with van der Waals surface area (Å²) in [5, 5.41) is 11.4. The van der Waals surface area contributed by atoms with E-state index in [1.165, 1.54) is 5.56 Å². The van der Waals surface area contributed by atoms with Crippen molar-refractivity contribution in [2.75, 3.05) is 0 Å². The second kappa shape index (κ2) is 3.54. The summed E-state index contributed by atoms with van der Waals surface area (Å²) in [6.45, 7) is 3.72. The van der Waals surface area contributed by atoms with Crippen molar-refractivity contribution in [3.63, 3.8) is 0 Å². The fourth-order valence-corrected chi connectivity index (χ4v) is 1.59. The molecule has 1 radical (unpaired) electrons. The zero-order valence-electron chi connectivity index (χ0n) is 7.83. The molecule has 0 aliphatic carbocycles. The van der Waals surface area contributed by atoms with Gasteiger partial charge in [0.05, 0.1) is 0 Å². The van der Waals surface area contributed by atoms with E-state index in [4.69, 9.17) is 0 Å². The van der Waals surface area contributed by atoms with E-state index in [0.717, 1.165) is 17.2 Å². The third-order valence-electron chi connectivity index (χ3n) is 2.23. The Bertz CT molecular complexity index is 472. The van der Waals surface area contributed by atoms with E-state index in [1.807, 2.05) is 24.3 Å². The monoisotopic (exact) mass is 183 g/mol. The minimum atomic E-state index is 0.188. The topological polar surface area (TPSA) is 20.2 Å². The Morgan fingerprint density at radius 1 is 1.29 bits per heavy atom. The highest BCUT2D eigenvalue weighted by atomic mass is 16.3. The molecule has 0 heterocycles. The fourth-order valence-electron chi connectivity index (χ4n) is 1.59. The molecule has 0 amide bonds. The fraction of sp³-hybridized carbons (Fsp3) is 0.0769. The Kier molecular flexibility index (Phi) is 2.23. The molecule has 1 heteroatoms. The molecule has 0 aliphatic heterocycles. The second-order valence-corrected chi connectivity index (χ2v) is 3.21. The first-order valence-electron chi connectivity index (χ1n) is 4.55. The van der Waals surface area contributed by atoms with E-state index in [1.54, 1.807) is 6.07 Å². The average Bonchev–Trinajstić information content (AvgIpc) is 2.18. The molecular formula is C13H11O. The second-order valence-electron chi connectivity index (χ2n) is 3.21. The van der Waals surface area contributed by atoms with E-state index in [9.17, 15) is 5.11 Å². The minimum absolute atomic E-state index is 0.188. The molecule has 0 unspecified atom stereocenters. The van der Waals surface area contributed by atoms with E-state index in [0.29, 0.717) is 0 Å². The van der Waals surface area contributed by atoms with Crippen LogP contribution in [0.4, 0.5) is 0 Å². The average molecular weight is 183 g/mol. The summed E-state index contributed by atoms with van der Waals surface area (Å²) in [5.41, 5.74) is 1.22. The van der Waals surface area contributed by atoms with Gasteiger partial charge in [-0.2, -0.15) is 0 Å². The molecule has 0 saturated carbocycles. The SMILES string of the molecule is C=CCc1cccc2[c]c(O)ccc12. The van der Waals surface area contributed by atoms with Crippen LogP contribution in [0.1, 0.15) is 5.56 Å². The molecule has 1 nitrogen and oxygen atoms in total. The zero-order chi connectivity index (χ0) is 9.97. The van der Waals surface area contributed by atoms with E-state index in [2.05, 4.69) is 18.7 Å². The molecule has 0 atom stereocenters. The number of phenolic OH excluding ortho intramolecular Hbond substituents is 1. The van der Waals surface area contributed by atoms with Gasteiger partial charge in [-0.3, -0.25) is 0 Å². The zero-order valence-corrected chi connectivity index (χ0v) is 7.83. The van der Waals surface area contributed by atoms with Gasteiger partial charge in [-0.25, -0.2) is 0 Å². The summed E-state index contributed by atoms with van der Waals surface area (Å²) in [5.74, 6) is 0.188. The summed E-state index contributed by atoms with van der Waals surface area (Å²) in [4.78, 5) is 0. The summed E-state index contributed by atoms with van der Waals surface area (Å²) in [6, 6.07) is 12.5. The molecular weight excluding hydrogens is 172 g/mol. The quantitative estimate of drug-likeness (QED) is 0.709. The number of rotatable bonds is 2. The van der Waals surface area contributed by atoms with E-state index in [-0.39, 0.29) is 5.75 Å². The lowest BCUT2D eigenvalue weighted by atomic mass is 10.0. The first-order valence-corrected chi connectivity index (χ1v) is 4.55. The Morgan fingerprint density at radius 2 is 2.14 bits per heavy atom.